The largest absolute Gasteiger partial charge is 0.416 e. The summed E-state index contributed by atoms with van der Waals surface area (Å²) >= 11 is 0. The average molecular weight is 414 g/mol. The van der Waals surface area contributed by atoms with Crippen molar-refractivity contribution < 1.29 is 17.6 Å². The van der Waals surface area contributed by atoms with Crippen LogP contribution in [-0.4, -0.2) is 16.4 Å². The second kappa shape index (κ2) is 8.56. The number of hydrogen-bond acceptors (Lipinski definition) is 2. The van der Waals surface area contributed by atoms with Gasteiger partial charge in [-0.25, -0.2) is 4.39 Å². The van der Waals surface area contributed by atoms with Gasteiger partial charge in [0.15, 0.2) is 0 Å². The van der Waals surface area contributed by atoms with Crippen molar-refractivity contribution in [2.24, 2.45) is 0 Å². The van der Waals surface area contributed by atoms with E-state index in [9.17, 15) is 17.6 Å². The third kappa shape index (κ3) is 4.70. The van der Waals surface area contributed by atoms with Gasteiger partial charge in [0.05, 0.1) is 17.3 Å². The van der Waals surface area contributed by atoms with Crippen molar-refractivity contribution in [1.82, 2.24) is 9.88 Å². The summed E-state index contributed by atoms with van der Waals surface area (Å²) in [5, 5.41) is 0. The van der Waals surface area contributed by atoms with Crippen molar-refractivity contribution >= 4 is 0 Å². The van der Waals surface area contributed by atoms with E-state index in [1.54, 1.807) is 24.4 Å². The van der Waals surface area contributed by atoms with E-state index >= 15 is 0 Å². The van der Waals surface area contributed by atoms with E-state index in [4.69, 9.17) is 0 Å². The zero-order chi connectivity index (χ0) is 21.1. The maximum Gasteiger partial charge on any atom is 0.416 e. The van der Waals surface area contributed by atoms with Crippen molar-refractivity contribution in [3.63, 3.8) is 0 Å². The molecule has 4 rings (SSSR count). The Morgan fingerprint density at radius 1 is 0.967 bits per heavy atom. The molecule has 1 atom stereocenters. The van der Waals surface area contributed by atoms with Gasteiger partial charge in [-0.15, -0.1) is 0 Å². The van der Waals surface area contributed by atoms with E-state index in [0.717, 1.165) is 36.7 Å². The molecule has 6 heteroatoms. The molecule has 0 saturated carbocycles. The molecule has 2 heterocycles. The molecule has 1 aliphatic heterocycles. The van der Waals surface area contributed by atoms with Crippen LogP contribution in [0.15, 0.2) is 66.9 Å². The van der Waals surface area contributed by atoms with Gasteiger partial charge >= 0.3 is 6.18 Å². The quantitative estimate of drug-likeness (QED) is 0.464. The number of alkyl halides is 3. The second-order valence-corrected chi connectivity index (χ2v) is 7.69. The second-order valence-electron chi connectivity index (χ2n) is 7.69. The van der Waals surface area contributed by atoms with Gasteiger partial charge in [0, 0.05) is 18.3 Å². The monoisotopic (exact) mass is 414 g/mol. The van der Waals surface area contributed by atoms with Gasteiger partial charge in [0.2, 0.25) is 0 Å². The van der Waals surface area contributed by atoms with Crippen molar-refractivity contribution in [2.45, 2.75) is 38.0 Å². The van der Waals surface area contributed by atoms with Gasteiger partial charge in [-0.3, -0.25) is 9.88 Å². The lowest BCUT2D eigenvalue weighted by Crippen LogP contribution is -2.24. The van der Waals surface area contributed by atoms with Crippen LogP contribution < -0.4 is 0 Å². The van der Waals surface area contributed by atoms with Gasteiger partial charge in [-0.1, -0.05) is 42.5 Å². The molecule has 3 aromatic rings. The summed E-state index contributed by atoms with van der Waals surface area (Å²) in [5.74, 6) is -0.201. The van der Waals surface area contributed by atoms with Crippen LogP contribution in [0.2, 0.25) is 0 Å². The smallest absolute Gasteiger partial charge is 0.290 e. The van der Waals surface area contributed by atoms with Crippen molar-refractivity contribution in [2.75, 3.05) is 6.54 Å². The fourth-order valence-electron chi connectivity index (χ4n) is 4.03. The molecule has 0 N–H and O–H groups in total. The highest BCUT2D eigenvalue weighted by Gasteiger charge is 2.30. The number of aromatic nitrogens is 1. The highest BCUT2D eigenvalue weighted by Crippen LogP contribution is 2.33. The molecule has 1 aromatic heterocycles. The Kier molecular flexibility index (Phi) is 5.86. The van der Waals surface area contributed by atoms with Crippen LogP contribution >= 0.6 is 0 Å². The van der Waals surface area contributed by atoms with Crippen LogP contribution in [0.5, 0.6) is 0 Å². The minimum Gasteiger partial charge on any atom is -0.290 e. The Labute approximate surface area is 173 Å². The average Bonchev–Trinajstić information content (AvgIpc) is 3.18. The maximum atomic E-state index is 14.0. The zero-order valence-corrected chi connectivity index (χ0v) is 16.4. The van der Waals surface area contributed by atoms with E-state index < -0.39 is 11.7 Å². The predicted octanol–water partition coefficient (Wildman–Crippen LogP) is 6.17. The summed E-state index contributed by atoms with van der Waals surface area (Å²) < 4.78 is 52.8. The lowest BCUT2D eigenvalue weighted by atomic mass is 10.0. The fraction of sp³-hybridized carbons (Fsp3) is 0.292. The number of benzene rings is 2. The topological polar surface area (TPSA) is 16.1 Å². The van der Waals surface area contributed by atoms with E-state index in [1.807, 2.05) is 18.2 Å². The Bertz CT molecular complexity index is 999. The van der Waals surface area contributed by atoms with E-state index in [0.29, 0.717) is 24.1 Å². The fourth-order valence-corrected chi connectivity index (χ4v) is 4.03. The molecule has 2 nitrogen and oxygen atoms in total. The van der Waals surface area contributed by atoms with Crippen LogP contribution in [0.25, 0.3) is 0 Å². The Hall–Kier alpha value is -2.73. The third-order valence-corrected chi connectivity index (χ3v) is 5.55. The van der Waals surface area contributed by atoms with E-state index in [1.165, 1.54) is 18.2 Å². The van der Waals surface area contributed by atoms with Crippen molar-refractivity contribution in [3.05, 3.63) is 101 Å². The Morgan fingerprint density at radius 2 is 1.80 bits per heavy atom. The molecule has 0 spiro atoms. The molecule has 0 radical (unpaired) electrons. The predicted molar refractivity (Wildman–Crippen MR) is 107 cm³/mol. The molecule has 1 saturated heterocycles. The minimum absolute atomic E-state index is 0.118. The van der Waals surface area contributed by atoms with Gasteiger partial charge < -0.3 is 0 Å². The number of nitrogens with zero attached hydrogens (tertiary/aromatic N) is 2. The standard InChI is InChI=1S/C24H22F4N2/c25-21-8-2-1-6-19(21)16-30-12-4-9-23(30)22-11-10-18(15-29-22)13-17-5-3-7-20(14-17)24(26,27)28/h1-3,5-8,10-11,14-15,23H,4,9,12-13,16H2/t23-/m0/s1. The summed E-state index contributed by atoms with van der Waals surface area (Å²) in [6, 6.07) is 16.2. The van der Waals surface area contributed by atoms with Crippen LogP contribution in [0.4, 0.5) is 17.6 Å². The molecule has 1 fully saturated rings. The minimum atomic E-state index is -4.34. The first kappa shape index (κ1) is 20.5. The lowest BCUT2D eigenvalue weighted by molar-refractivity contribution is -0.137. The van der Waals surface area contributed by atoms with Crippen molar-refractivity contribution in [3.8, 4) is 0 Å². The summed E-state index contributed by atoms with van der Waals surface area (Å²) in [5.41, 5.74) is 2.40. The summed E-state index contributed by atoms with van der Waals surface area (Å²) in [6.45, 7) is 1.41. The molecular weight excluding hydrogens is 392 g/mol. The molecule has 30 heavy (non-hydrogen) atoms. The SMILES string of the molecule is Fc1ccccc1CN1CCC[C@H]1c1ccc(Cc2cccc(C(F)(F)F)c2)cn1. The Balaban J connectivity index is 1.46. The molecular formula is C24H22F4N2. The third-order valence-electron chi connectivity index (χ3n) is 5.55. The molecule has 0 unspecified atom stereocenters. The van der Waals surface area contributed by atoms with Gasteiger partial charge in [0.1, 0.15) is 5.82 Å². The maximum absolute atomic E-state index is 14.0. The van der Waals surface area contributed by atoms with Crippen LogP contribution in [0.3, 0.4) is 0 Å². The molecule has 1 aliphatic rings. The first-order valence-corrected chi connectivity index (χ1v) is 9.98. The van der Waals surface area contributed by atoms with Crippen LogP contribution in [0, 0.1) is 5.82 Å². The number of halogens is 4. The number of pyridine rings is 1. The van der Waals surface area contributed by atoms with Gasteiger partial charge in [-0.2, -0.15) is 13.2 Å². The normalized spacial score (nSPS) is 17.4. The summed E-state index contributed by atoms with van der Waals surface area (Å²) in [4.78, 5) is 6.81. The summed E-state index contributed by atoms with van der Waals surface area (Å²) in [7, 11) is 0. The van der Waals surface area contributed by atoms with Crippen LogP contribution in [-0.2, 0) is 19.1 Å². The molecule has 156 valence electrons. The van der Waals surface area contributed by atoms with Gasteiger partial charge in [0.25, 0.3) is 0 Å². The number of rotatable bonds is 5. The first-order chi connectivity index (χ1) is 14.4. The van der Waals surface area contributed by atoms with E-state index in [2.05, 4.69) is 9.88 Å². The molecule has 0 bridgehead atoms. The number of hydrogen-bond donors (Lipinski definition) is 0. The van der Waals surface area contributed by atoms with E-state index in [-0.39, 0.29) is 11.9 Å². The Morgan fingerprint density at radius 3 is 2.53 bits per heavy atom. The van der Waals surface area contributed by atoms with Gasteiger partial charge in [-0.05, 0) is 55.1 Å². The molecule has 0 amide bonds. The zero-order valence-electron chi connectivity index (χ0n) is 16.4. The lowest BCUT2D eigenvalue weighted by Gasteiger charge is -2.24. The van der Waals surface area contributed by atoms with Crippen LogP contribution in [0.1, 0.15) is 46.8 Å². The highest BCUT2D eigenvalue weighted by molar-refractivity contribution is 5.30. The number of likely N-dealkylation sites (tertiary alicyclic amines) is 1. The highest BCUT2D eigenvalue weighted by atomic mass is 19.4. The summed E-state index contributed by atoms with van der Waals surface area (Å²) in [6.07, 6.45) is -0.251. The first-order valence-electron chi connectivity index (χ1n) is 9.98. The molecule has 0 aliphatic carbocycles. The molecule has 2 aromatic carbocycles. The van der Waals surface area contributed by atoms with Crippen molar-refractivity contribution in [1.29, 1.82) is 0 Å².